The van der Waals surface area contributed by atoms with Gasteiger partial charge in [-0.3, -0.25) is 9.59 Å². The standard InChI is InChI=1S/C21H23N5O2/c1-2-26-21(28)16-10-5-4-9-15(16)18(24-26)20(27)23-17-11-8-12-22-19(17)25-13-6-3-7-14-25/h4-5,8-12H,2-3,6-7,13-14H2,1H3,(H,23,27). The first-order valence-electron chi connectivity index (χ1n) is 9.70. The van der Waals surface area contributed by atoms with E-state index in [-0.39, 0.29) is 17.2 Å². The number of rotatable bonds is 4. The minimum absolute atomic E-state index is 0.190. The predicted octanol–water partition coefficient (Wildman–Crippen LogP) is 3.05. The van der Waals surface area contributed by atoms with Gasteiger partial charge >= 0.3 is 0 Å². The average molecular weight is 377 g/mol. The summed E-state index contributed by atoms with van der Waals surface area (Å²) in [4.78, 5) is 32.3. The second kappa shape index (κ2) is 7.80. The summed E-state index contributed by atoms with van der Waals surface area (Å²) in [6.45, 7) is 4.10. The molecule has 1 N–H and O–H groups in total. The van der Waals surface area contributed by atoms with Crippen molar-refractivity contribution in [3.05, 3.63) is 58.6 Å². The van der Waals surface area contributed by atoms with Crippen molar-refractivity contribution in [2.75, 3.05) is 23.3 Å². The molecule has 0 spiro atoms. The number of amides is 1. The average Bonchev–Trinajstić information content (AvgIpc) is 2.75. The lowest BCUT2D eigenvalue weighted by Gasteiger charge is -2.29. The number of nitrogens with zero attached hydrogens (tertiary/aromatic N) is 4. The summed E-state index contributed by atoms with van der Waals surface area (Å²) in [5.74, 6) is 0.438. The summed E-state index contributed by atoms with van der Waals surface area (Å²) < 4.78 is 1.33. The van der Waals surface area contributed by atoms with Crippen molar-refractivity contribution in [3.8, 4) is 0 Å². The third kappa shape index (κ3) is 3.35. The molecule has 1 aliphatic heterocycles. The first kappa shape index (κ1) is 18.2. The molecule has 0 unspecified atom stereocenters. The Morgan fingerprint density at radius 1 is 1.07 bits per heavy atom. The van der Waals surface area contributed by atoms with Crippen LogP contribution in [0.4, 0.5) is 11.5 Å². The molecule has 2 aromatic heterocycles. The van der Waals surface area contributed by atoms with Gasteiger partial charge < -0.3 is 10.2 Å². The zero-order valence-electron chi connectivity index (χ0n) is 15.9. The number of benzene rings is 1. The van der Waals surface area contributed by atoms with E-state index in [1.165, 1.54) is 11.1 Å². The van der Waals surface area contributed by atoms with E-state index in [0.717, 1.165) is 31.7 Å². The number of hydrogen-bond donors (Lipinski definition) is 1. The topological polar surface area (TPSA) is 80.1 Å². The van der Waals surface area contributed by atoms with Crippen molar-refractivity contribution < 1.29 is 4.79 Å². The van der Waals surface area contributed by atoms with Gasteiger partial charge in [0.05, 0.1) is 11.1 Å². The fraction of sp³-hybridized carbons (Fsp3) is 0.333. The monoisotopic (exact) mass is 377 g/mol. The Labute approximate surface area is 163 Å². The summed E-state index contributed by atoms with van der Waals surface area (Å²) in [5, 5.41) is 8.33. The minimum atomic E-state index is -0.343. The molecule has 3 aromatic rings. The Morgan fingerprint density at radius 3 is 2.57 bits per heavy atom. The van der Waals surface area contributed by atoms with Gasteiger partial charge in [0.2, 0.25) is 0 Å². The van der Waals surface area contributed by atoms with Crippen LogP contribution in [0.3, 0.4) is 0 Å². The highest BCUT2D eigenvalue weighted by atomic mass is 16.2. The van der Waals surface area contributed by atoms with Crippen LogP contribution in [0, 0.1) is 0 Å². The maximum atomic E-state index is 13.1. The molecular formula is C21H23N5O2. The quantitative estimate of drug-likeness (QED) is 0.756. The first-order chi connectivity index (χ1) is 13.7. The van der Waals surface area contributed by atoms with Crippen molar-refractivity contribution in [1.29, 1.82) is 0 Å². The van der Waals surface area contributed by atoms with Crippen LogP contribution in [0.2, 0.25) is 0 Å². The molecular weight excluding hydrogens is 354 g/mol. The van der Waals surface area contributed by atoms with Crippen LogP contribution in [0.15, 0.2) is 47.4 Å². The van der Waals surface area contributed by atoms with Crippen molar-refractivity contribution in [2.24, 2.45) is 0 Å². The van der Waals surface area contributed by atoms with Crippen molar-refractivity contribution in [3.63, 3.8) is 0 Å². The Morgan fingerprint density at radius 2 is 1.82 bits per heavy atom. The van der Waals surface area contributed by atoms with Crippen LogP contribution in [0.25, 0.3) is 10.8 Å². The molecule has 0 atom stereocenters. The number of hydrogen-bond acceptors (Lipinski definition) is 5. The molecule has 1 saturated heterocycles. The number of piperidine rings is 1. The normalized spacial score (nSPS) is 14.2. The largest absolute Gasteiger partial charge is 0.355 e. The van der Waals surface area contributed by atoms with E-state index in [9.17, 15) is 9.59 Å². The third-order valence-corrected chi connectivity index (χ3v) is 5.07. The van der Waals surface area contributed by atoms with E-state index < -0.39 is 0 Å². The van der Waals surface area contributed by atoms with Gasteiger partial charge in [-0.25, -0.2) is 9.67 Å². The summed E-state index contributed by atoms with van der Waals surface area (Å²) in [6.07, 6.45) is 5.21. The van der Waals surface area contributed by atoms with Gasteiger partial charge in [0.25, 0.3) is 11.5 Å². The molecule has 1 amide bonds. The molecule has 0 bridgehead atoms. The summed E-state index contributed by atoms with van der Waals surface area (Å²) >= 11 is 0. The van der Waals surface area contributed by atoms with Crippen molar-refractivity contribution >= 4 is 28.2 Å². The number of aromatic nitrogens is 3. The minimum Gasteiger partial charge on any atom is -0.355 e. The van der Waals surface area contributed by atoms with E-state index in [4.69, 9.17) is 0 Å². The molecule has 0 saturated carbocycles. The Hall–Kier alpha value is -3.22. The molecule has 28 heavy (non-hydrogen) atoms. The Kier molecular flexibility index (Phi) is 5.06. The van der Waals surface area contributed by atoms with Crippen molar-refractivity contribution in [1.82, 2.24) is 14.8 Å². The van der Waals surface area contributed by atoms with Gasteiger partial charge in [-0.1, -0.05) is 18.2 Å². The lowest BCUT2D eigenvalue weighted by Crippen LogP contribution is -2.31. The molecule has 0 radical (unpaired) electrons. The number of carbonyl (C=O) groups is 1. The van der Waals surface area contributed by atoms with Gasteiger partial charge in [0, 0.05) is 31.2 Å². The third-order valence-electron chi connectivity index (χ3n) is 5.07. The molecule has 3 heterocycles. The number of anilines is 2. The second-order valence-corrected chi connectivity index (χ2v) is 6.89. The summed E-state index contributed by atoms with van der Waals surface area (Å²) in [6, 6.07) is 10.7. The highest BCUT2D eigenvalue weighted by Crippen LogP contribution is 2.26. The van der Waals surface area contributed by atoms with Gasteiger partial charge in [-0.15, -0.1) is 0 Å². The molecule has 0 aliphatic carbocycles. The van der Waals surface area contributed by atoms with Gasteiger partial charge in [-0.2, -0.15) is 5.10 Å². The molecule has 7 heteroatoms. The number of pyridine rings is 1. The van der Waals surface area contributed by atoms with E-state index in [0.29, 0.717) is 23.0 Å². The fourth-order valence-electron chi connectivity index (χ4n) is 3.65. The van der Waals surface area contributed by atoms with E-state index in [1.807, 2.05) is 19.1 Å². The van der Waals surface area contributed by atoms with Crippen LogP contribution in [0.5, 0.6) is 0 Å². The van der Waals surface area contributed by atoms with Crippen LogP contribution >= 0.6 is 0 Å². The molecule has 7 nitrogen and oxygen atoms in total. The summed E-state index contributed by atoms with van der Waals surface area (Å²) in [7, 11) is 0. The number of aryl methyl sites for hydroxylation is 1. The van der Waals surface area contributed by atoms with Gasteiger partial charge in [0.1, 0.15) is 0 Å². The Balaban J connectivity index is 1.72. The van der Waals surface area contributed by atoms with Crippen LogP contribution in [0.1, 0.15) is 36.7 Å². The Bertz CT molecular complexity index is 1070. The molecule has 4 rings (SSSR count). The maximum absolute atomic E-state index is 13.1. The van der Waals surface area contributed by atoms with E-state index in [2.05, 4.69) is 20.3 Å². The van der Waals surface area contributed by atoms with Gasteiger partial charge in [-0.05, 0) is 44.4 Å². The lowest BCUT2D eigenvalue weighted by atomic mass is 10.1. The van der Waals surface area contributed by atoms with Crippen LogP contribution in [-0.4, -0.2) is 33.8 Å². The first-order valence-corrected chi connectivity index (χ1v) is 9.70. The maximum Gasteiger partial charge on any atom is 0.276 e. The van der Waals surface area contributed by atoms with Gasteiger partial charge in [0.15, 0.2) is 11.5 Å². The zero-order valence-corrected chi connectivity index (χ0v) is 15.9. The van der Waals surface area contributed by atoms with Crippen LogP contribution in [-0.2, 0) is 6.54 Å². The fourth-order valence-corrected chi connectivity index (χ4v) is 3.65. The highest BCUT2D eigenvalue weighted by Gasteiger charge is 2.20. The molecule has 1 aliphatic rings. The van der Waals surface area contributed by atoms with E-state index >= 15 is 0 Å². The van der Waals surface area contributed by atoms with Crippen molar-refractivity contribution in [2.45, 2.75) is 32.7 Å². The lowest BCUT2D eigenvalue weighted by molar-refractivity contribution is 0.102. The number of carbonyl (C=O) groups excluding carboxylic acids is 1. The molecule has 1 aromatic carbocycles. The predicted molar refractivity (Wildman–Crippen MR) is 110 cm³/mol. The van der Waals surface area contributed by atoms with E-state index in [1.54, 1.807) is 30.5 Å². The SMILES string of the molecule is CCn1nc(C(=O)Nc2cccnc2N2CCCCC2)c2ccccc2c1=O. The molecule has 1 fully saturated rings. The highest BCUT2D eigenvalue weighted by molar-refractivity contribution is 6.11. The number of fused-ring (bicyclic) bond motifs is 1. The van der Waals surface area contributed by atoms with Crippen LogP contribution < -0.4 is 15.8 Å². The second-order valence-electron chi connectivity index (χ2n) is 6.89. The smallest absolute Gasteiger partial charge is 0.276 e. The zero-order chi connectivity index (χ0) is 19.5. The molecule has 144 valence electrons. The summed E-state index contributed by atoms with van der Waals surface area (Å²) in [5.41, 5.74) is 0.713. The number of nitrogens with one attached hydrogen (secondary N) is 1.